The molecular formula is C25H36N6O2. The Morgan fingerprint density at radius 1 is 1.21 bits per heavy atom. The highest BCUT2D eigenvalue weighted by atomic mass is 16.2. The van der Waals surface area contributed by atoms with E-state index in [1.165, 1.54) is 13.5 Å². The maximum absolute atomic E-state index is 12.4. The van der Waals surface area contributed by atoms with E-state index < -0.39 is 5.69 Å². The van der Waals surface area contributed by atoms with E-state index in [-0.39, 0.29) is 5.56 Å². The highest BCUT2D eigenvalue weighted by Crippen LogP contribution is 2.61. The topological polar surface area (TPSA) is 94.5 Å². The number of anilines is 1. The molecule has 0 spiro atoms. The fourth-order valence-electron chi connectivity index (χ4n) is 6.28. The maximum Gasteiger partial charge on any atom is 0.328 e. The van der Waals surface area contributed by atoms with Gasteiger partial charge in [-0.15, -0.1) is 0 Å². The molecule has 33 heavy (non-hydrogen) atoms. The van der Waals surface area contributed by atoms with Crippen LogP contribution >= 0.6 is 0 Å². The molecule has 3 saturated carbocycles. The molecule has 4 fully saturated rings. The van der Waals surface area contributed by atoms with Gasteiger partial charge < -0.3 is 20.5 Å². The van der Waals surface area contributed by atoms with Crippen molar-refractivity contribution in [3.63, 3.8) is 0 Å². The molecule has 8 heteroatoms. The molecule has 178 valence electrons. The summed E-state index contributed by atoms with van der Waals surface area (Å²) in [5.74, 6) is 2.93. The highest BCUT2D eigenvalue weighted by molar-refractivity contribution is 5.96. The Hall–Kier alpha value is -2.61. The number of nitrogens with one attached hydrogen (secondary N) is 3. The van der Waals surface area contributed by atoms with Crippen LogP contribution in [-0.4, -0.2) is 52.1 Å². The fourth-order valence-corrected chi connectivity index (χ4v) is 6.28. The summed E-state index contributed by atoms with van der Waals surface area (Å²) in [6.07, 6.45) is 2.47. The summed E-state index contributed by atoms with van der Waals surface area (Å²) in [5, 5.41) is 7.56. The van der Waals surface area contributed by atoms with Gasteiger partial charge >= 0.3 is 5.69 Å². The van der Waals surface area contributed by atoms with Gasteiger partial charge in [-0.1, -0.05) is 20.8 Å². The number of fused-ring (bicyclic) bond motifs is 3. The Labute approximate surface area is 194 Å². The van der Waals surface area contributed by atoms with Crippen LogP contribution in [0.5, 0.6) is 0 Å². The molecule has 1 aromatic carbocycles. The molecule has 0 radical (unpaired) electrons. The van der Waals surface area contributed by atoms with Crippen LogP contribution in [0.3, 0.4) is 0 Å². The number of H-pyrrole nitrogens is 1. The number of rotatable bonds is 2. The molecule has 0 amide bonds. The summed E-state index contributed by atoms with van der Waals surface area (Å²) < 4.78 is 1.10. The number of guanidine groups is 1. The predicted octanol–water partition coefficient (Wildman–Crippen LogP) is 2.36. The number of benzene rings is 1. The van der Waals surface area contributed by atoms with Gasteiger partial charge in [0, 0.05) is 38.4 Å². The van der Waals surface area contributed by atoms with E-state index in [2.05, 4.69) is 48.2 Å². The van der Waals surface area contributed by atoms with Crippen LogP contribution in [0.25, 0.3) is 10.9 Å². The van der Waals surface area contributed by atoms with Gasteiger partial charge in [0.2, 0.25) is 0 Å². The highest BCUT2D eigenvalue weighted by Gasteiger charge is 2.56. The maximum atomic E-state index is 12.4. The Bertz CT molecular complexity index is 1210. The van der Waals surface area contributed by atoms with Crippen LogP contribution in [-0.2, 0) is 7.05 Å². The van der Waals surface area contributed by atoms with Crippen molar-refractivity contribution in [2.75, 3.05) is 25.0 Å². The summed E-state index contributed by atoms with van der Waals surface area (Å²) >= 11 is 0. The molecule has 6 rings (SSSR count). The molecule has 2 aromatic rings. The quantitative estimate of drug-likeness (QED) is 0.480. The lowest BCUT2D eigenvalue weighted by Crippen LogP contribution is -2.57. The third-order valence-corrected chi connectivity index (χ3v) is 8.63. The second-order valence-corrected chi connectivity index (χ2v) is 11.0. The Morgan fingerprint density at radius 3 is 2.70 bits per heavy atom. The number of hydrogen-bond donors (Lipinski definition) is 3. The van der Waals surface area contributed by atoms with Crippen LogP contribution in [0.1, 0.15) is 40.5 Å². The van der Waals surface area contributed by atoms with Gasteiger partial charge in [-0.05, 0) is 61.1 Å². The van der Waals surface area contributed by atoms with Crippen LogP contribution < -0.4 is 21.9 Å². The molecule has 1 aromatic heterocycles. The Kier molecular flexibility index (Phi) is 5.39. The van der Waals surface area contributed by atoms with E-state index in [4.69, 9.17) is 4.99 Å². The minimum atomic E-state index is -0.410. The van der Waals surface area contributed by atoms with Gasteiger partial charge in [-0.25, -0.2) is 9.79 Å². The van der Waals surface area contributed by atoms with E-state index in [0.29, 0.717) is 34.3 Å². The molecule has 2 bridgehead atoms. The molecular weight excluding hydrogens is 416 g/mol. The third kappa shape index (κ3) is 3.78. The number of piperazine rings is 1. The minimum Gasteiger partial charge on any atom is -0.340 e. The van der Waals surface area contributed by atoms with Crippen molar-refractivity contribution >= 4 is 22.5 Å². The van der Waals surface area contributed by atoms with E-state index in [9.17, 15) is 9.59 Å². The molecule has 3 N–H and O–H groups in total. The van der Waals surface area contributed by atoms with Crippen LogP contribution in [0.2, 0.25) is 0 Å². The summed E-state index contributed by atoms with van der Waals surface area (Å²) in [4.78, 5) is 35.0. The molecule has 3 aliphatic carbocycles. The first kappa shape index (κ1) is 22.2. The van der Waals surface area contributed by atoms with Gasteiger partial charge in [0.05, 0.1) is 16.9 Å². The SMILES string of the molecule is C[C@@H]1C(N=C(Nc2ccc3c(=O)n(C)c(=O)[nH]c3c2)N2CCN[C@@H](C)C2)C[C@H]2C[C@@H]1C2(C)C. The molecule has 2 heterocycles. The molecule has 1 unspecified atom stereocenters. The number of aliphatic imine (C=N–C) groups is 1. The zero-order valence-electron chi connectivity index (χ0n) is 20.3. The van der Waals surface area contributed by atoms with Crippen molar-refractivity contribution in [2.24, 2.45) is 35.2 Å². The van der Waals surface area contributed by atoms with Crippen LogP contribution in [0, 0.1) is 23.2 Å². The first-order valence-electron chi connectivity index (χ1n) is 12.2. The van der Waals surface area contributed by atoms with Crippen LogP contribution in [0.15, 0.2) is 32.8 Å². The second kappa shape index (κ2) is 8.01. The van der Waals surface area contributed by atoms with Gasteiger partial charge in [0.25, 0.3) is 5.56 Å². The van der Waals surface area contributed by atoms with Crippen molar-refractivity contribution in [1.29, 1.82) is 0 Å². The summed E-state index contributed by atoms with van der Waals surface area (Å²) in [6, 6.07) is 6.20. The normalized spacial score (nSPS) is 31.4. The largest absolute Gasteiger partial charge is 0.340 e. The second-order valence-electron chi connectivity index (χ2n) is 11.0. The van der Waals surface area contributed by atoms with E-state index in [1.807, 2.05) is 12.1 Å². The lowest BCUT2D eigenvalue weighted by molar-refractivity contribution is -0.108. The van der Waals surface area contributed by atoms with E-state index in [1.54, 1.807) is 6.07 Å². The van der Waals surface area contributed by atoms with Gasteiger partial charge in [0.1, 0.15) is 0 Å². The lowest BCUT2D eigenvalue weighted by Gasteiger charge is -2.61. The Balaban J connectivity index is 1.48. The average Bonchev–Trinajstić information content (AvgIpc) is 2.77. The summed E-state index contributed by atoms with van der Waals surface area (Å²) in [6.45, 7) is 12.1. The first-order valence-corrected chi connectivity index (χ1v) is 12.2. The fraction of sp³-hybridized carbons (Fsp3) is 0.640. The lowest BCUT2D eigenvalue weighted by atomic mass is 9.45. The Morgan fingerprint density at radius 2 is 2.00 bits per heavy atom. The van der Waals surface area contributed by atoms with Gasteiger partial charge in [-0.3, -0.25) is 9.36 Å². The van der Waals surface area contributed by atoms with Crippen molar-refractivity contribution in [3.8, 4) is 0 Å². The predicted molar refractivity (Wildman–Crippen MR) is 133 cm³/mol. The minimum absolute atomic E-state index is 0.289. The number of aromatic nitrogens is 2. The van der Waals surface area contributed by atoms with E-state index >= 15 is 0 Å². The first-order chi connectivity index (χ1) is 15.6. The summed E-state index contributed by atoms with van der Waals surface area (Å²) in [5.41, 5.74) is 1.09. The zero-order chi connectivity index (χ0) is 23.5. The monoisotopic (exact) mass is 452 g/mol. The van der Waals surface area contributed by atoms with Gasteiger partial charge in [0.15, 0.2) is 5.96 Å². The molecule has 4 aliphatic rings. The average molecular weight is 453 g/mol. The van der Waals surface area contributed by atoms with E-state index in [0.717, 1.165) is 54.1 Å². The van der Waals surface area contributed by atoms with Gasteiger partial charge in [-0.2, -0.15) is 0 Å². The zero-order valence-corrected chi connectivity index (χ0v) is 20.3. The molecule has 1 aliphatic heterocycles. The molecule has 1 saturated heterocycles. The molecule has 8 nitrogen and oxygen atoms in total. The smallest absolute Gasteiger partial charge is 0.328 e. The van der Waals surface area contributed by atoms with Crippen molar-refractivity contribution in [1.82, 2.24) is 19.8 Å². The number of hydrogen-bond acceptors (Lipinski definition) is 4. The molecule has 5 atom stereocenters. The van der Waals surface area contributed by atoms with Crippen LogP contribution in [0.4, 0.5) is 5.69 Å². The third-order valence-electron chi connectivity index (χ3n) is 8.63. The van der Waals surface area contributed by atoms with Crippen molar-refractivity contribution in [2.45, 2.75) is 52.6 Å². The van der Waals surface area contributed by atoms with Crippen molar-refractivity contribution < 1.29 is 0 Å². The standard InChI is InChI=1S/C25H36N6O2/c1-14-13-31(9-8-26-14)23(28-20-11-16-10-19(15(20)2)25(16,3)4)27-17-6-7-18-21(12-17)29-24(33)30(5)22(18)32/h6-7,12,14-16,19-20,26H,8-11,13H2,1-5H3,(H,27,28)(H,29,33)/t14-,15-,16+,19-,20?/m0/s1. The number of nitrogens with zero attached hydrogens (tertiary/aromatic N) is 3. The summed E-state index contributed by atoms with van der Waals surface area (Å²) in [7, 11) is 1.49. The van der Waals surface area contributed by atoms with Crippen molar-refractivity contribution in [3.05, 3.63) is 39.0 Å². The number of aromatic amines is 1.